The second-order valence-corrected chi connectivity index (χ2v) is 4.55. The molecule has 0 unspecified atom stereocenters. The van der Waals surface area contributed by atoms with Crippen LogP contribution < -0.4 is 10.5 Å². The molecule has 0 atom stereocenters. The van der Waals surface area contributed by atoms with E-state index in [0.29, 0.717) is 6.54 Å². The molecule has 90 valence electrons. The van der Waals surface area contributed by atoms with Crippen molar-refractivity contribution in [2.75, 3.05) is 7.11 Å². The number of aryl methyl sites for hydroxylation is 1. The number of methoxy groups -OCH3 is 1. The first-order valence-corrected chi connectivity index (χ1v) is 6.04. The van der Waals surface area contributed by atoms with Gasteiger partial charge in [0.25, 0.3) is 0 Å². The first-order chi connectivity index (χ1) is 8.15. The number of aromatic nitrogens is 2. The van der Waals surface area contributed by atoms with Gasteiger partial charge >= 0.3 is 0 Å². The fourth-order valence-corrected chi connectivity index (χ4v) is 2.21. The second-order valence-electron chi connectivity index (χ2n) is 3.75. The summed E-state index contributed by atoms with van der Waals surface area (Å²) in [4.78, 5) is 7.53. The Labute approximate surface area is 108 Å². The number of ether oxygens (including phenoxy) is 1. The van der Waals surface area contributed by atoms with E-state index in [1.807, 2.05) is 25.1 Å². The van der Waals surface area contributed by atoms with Gasteiger partial charge in [0.05, 0.1) is 13.7 Å². The van der Waals surface area contributed by atoms with Crippen LogP contribution in [0.4, 0.5) is 0 Å². The number of H-pyrrole nitrogens is 1. The van der Waals surface area contributed by atoms with Gasteiger partial charge in [-0.2, -0.15) is 0 Å². The van der Waals surface area contributed by atoms with Gasteiger partial charge < -0.3 is 15.5 Å². The van der Waals surface area contributed by atoms with E-state index in [4.69, 9.17) is 10.5 Å². The molecular formula is C12H14BrN3O. The number of hydrogen-bond acceptors (Lipinski definition) is 3. The fraction of sp³-hybridized carbons (Fsp3) is 0.250. The summed E-state index contributed by atoms with van der Waals surface area (Å²) in [5.41, 5.74) is 8.50. The predicted octanol–water partition coefficient (Wildman–Crippen LogP) is 2.61. The van der Waals surface area contributed by atoms with Gasteiger partial charge in [-0.25, -0.2) is 4.98 Å². The van der Waals surface area contributed by atoms with Crippen molar-refractivity contribution >= 4 is 15.9 Å². The fourth-order valence-electron chi connectivity index (χ4n) is 1.68. The zero-order valence-corrected chi connectivity index (χ0v) is 11.3. The molecule has 5 heteroatoms. The summed E-state index contributed by atoms with van der Waals surface area (Å²) in [6.07, 6.45) is 0. The van der Waals surface area contributed by atoms with Crippen molar-refractivity contribution in [2.24, 2.45) is 5.73 Å². The largest absolute Gasteiger partial charge is 0.496 e. The van der Waals surface area contributed by atoms with Crippen LogP contribution in [0.15, 0.2) is 22.8 Å². The van der Waals surface area contributed by atoms with Gasteiger partial charge in [-0.3, -0.25) is 0 Å². The average molecular weight is 296 g/mol. The lowest BCUT2D eigenvalue weighted by Gasteiger charge is -2.07. The van der Waals surface area contributed by atoms with Crippen molar-refractivity contribution in [2.45, 2.75) is 13.5 Å². The summed E-state index contributed by atoms with van der Waals surface area (Å²) >= 11 is 3.45. The first kappa shape index (κ1) is 12.1. The lowest BCUT2D eigenvalue weighted by molar-refractivity contribution is 0.416. The van der Waals surface area contributed by atoms with Crippen molar-refractivity contribution in [1.29, 1.82) is 0 Å². The number of imidazole rings is 1. The van der Waals surface area contributed by atoms with Gasteiger partial charge in [-0.15, -0.1) is 0 Å². The van der Waals surface area contributed by atoms with Crippen molar-refractivity contribution in [1.82, 2.24) is 9.97 Å². The van der Waals surface area contributed by atoms with E-state index in [1.54, 1.807) is 7.11 Å². The summed E-state index contributed by atoms with van der Waals surface area (Å²) in [6, 6.07) is 5.99. The molecule has 0 radical (unpaired) electrons. The molecule has 0 aliphatic heterocycles. The molecule has 0 bridgehead atoms. The van der Waals surface area contributed by atoms with Crippen molar-refractivity contribution in [3.63, 3.8) is 0 Å². The predicted molar refractivity (Wildman–Crippen MR) is 70.9 cm³/mol. The van der Waals surface area contributed by atoms with Gasteiger partial charge in [-0.05, 0) is 35.0 Å². The summed E-state index contributed by atoms with van der Waals surface area (Å²) in [5, 5.41) is 0. The molecule has 4 nitrogen and oxygen atoms in total. The summed E-state index contributed by atoms with van der Waals surface area (Å²) in [6.45, 7) is 2.42. The zero-order valence-electron chi connectivity index (χ0n) is 9.75. The third-order valence-electron chi connectivity index (χ3n) is 2.51. The Morgan fingerprint density at radius 3 is 2.82 bits per heavy atom. The lowest BCUT2D eigenvalue weighted by atomic mass is 10.1. The molecule has 1 aromatic heterocycles. The van der Waals surface area contributed by atoms with Crippen LogP contribution in [0, 0.1) is 6.92 Å². The lowest BCUT2D eigenvalue weighted by Crippen LogP contribution is -1.98. The summed E-state index contributed by atoms with van der Waals surface area (Å²) in [5.74, 6) is 1.54. The number of nitrogens with zero attached hydrogens (tertiary/aromatic N) is 1. The third kappa shape index (κ3) is 2.35. The smallest absolute Gasteiger partial charge is 0.128 e. The Bertz CT molecular complexity index is 537. The Hall–Kier alpha value is -1.33. The van der Waals surface area contributed by atoms with Gasteiger partial charge in [0.2, 0.25) is 0 Å². The molecule has 17 heavy (non-hydrogen) atoms. The quantitative estimate of drug-likeness (QED) is 0.915. The molecule has 3 N–H and O–H groups in total. The van der Waals surface area contributed by atoms with Crippen LogP contribution in [0.3, 0.4) is 0 Å². The van der Waals surface area contributed by atoms with E-state index in [9.17, 15) is 0 Å². The van der Waals surface area contributed by atoms with Crippen LogP contribution in [0.2, 0.25) is 0 Å². The standard InChI is InChI=1S/C12H14BrN3O/c1-7-3-4-9(17-2)8(5-7)11-12(13)16-10(6-14)15-11/h3-5H,6,14H2,1-2H3,(H,15,16). The number of rotatable bonds is 3. The molecule has 1 heterocycles. The monoisotopic (exact) mass is 295 g/mol. The second kappa shape index (κ2) is 4.89. The molecule has 0 amide bonds. The molecule has 0 fully saturated rings. The van der Waals surface area contributed by atoms with Crippen molar-refractivity contribution in [3.05, 3.63) is 34.2 Å². The van der Waals surface area contributed by atoms with E-state index >= 15 is 0 Å². The Morgan fingerprint density at radius 2 is 2.24 bits per heavy atom. The zero-order chi connectivity index (χ0) is 12.4. The minimum Gasteiger partial charge on any atom is -0.496 e. The molecule has 2 rings (SSSR count). The highest BCUT2D eigenvalue weighted by atomic mass is 79.9. The topological polar surface area (TPSA) is 63.9 Å². The maximum absolute atomic E-state index is 5.56. The van der Waals surface area contributed by atoms with Crippen LogP contribution in [0.25, 0.3) is 11.3 Å². The van der Waals surface area contributed by atoms with E-state index in [-0.39, 0.29) is 0 Å². The van der Waals surface area contributed by atoms with Crippen LogP contribution >= 0.6 is 15.9 Å². The van der Waals surface area contributed by atoms with Crippen LogP contribution in [-0.4, -0.2) is 17.1 Å². The summed E-state index contributed by atoms with van der Waals surface area (Å²) < 4.78 is 6.17. The average Bonchev–Trinajstić information content (AvgIpc) is 2.70. The van der Waals surface area contributed by atoms with Gasteiger partial charge in [0, 0.05) is 5.56 Å². The van der Waals surface area contributed by atoms with Crippen LogP contribution in [0.1, 0.15) is 11.4 Å². The third-order valence-corrected chi connectivity index (χ3v) is 3.09. The highest BCUT2D eigenvalue weighted by molar-refractivity contribution is 9.10. The van der Waals surface area contributed by atoms with Crippen molar-refractivity contribution < 1.29 is 4.74 Å². The van der Waals surface area contributed by atoms with Crippen molar-refractivity contribution in [3.8, 4) is 17.0 Å². The van der Waals surface area contributed by atoms with E-state index in [2.05, 4.69) is 25.9 Å². The molecule has 0 spiro atoms. The Kier molecular flexibility index (Phi) is 3.49. The number of aromatic amines is 1. The molecule has 0 saturated heterocycles. The minimum atomic E-state index is 0.382. The molecule has 1 aromatic carbocycles. The minimum absolute atomic E-state index is 0.382. The first-order valence-electron chi connectivity index (χ1n) is 5.25. The highest BCUT2D eigenvalue weighted by Gasteiger charge is 2.14. The number of halogens is 1. The number of benzene rings is 1. The molecular weight excluding hydrogens is 282 g/mol. The summed E-state index contributed by atoms with van der Waals surface area (Å²) in [7, 11) is 1.65. The number of nitrogens with one attached hydrogen (secondary N) is 1. The number of hydrogen-bond donors (Lipinski definition) is 2. The molecule has 0 aliphatic carbocycles. The van der Waals surface area contributed by atoms with Gasteiger partial charge in [0.15, 0.2) is 0 Å². The Balaban J connectivity index is 2.58. The van der Waals surface area contributed by atoms with Crippen LogP contribution in [-0.2, 0) is 6.54 Å². The normalized spacial score (nSPS) is 10.6. The van der Waals surface area contributed by atoms with Gasteiger partial charge in [-0.1, -0.05) is 11.6 Å². The molecule has 0 saturated carbocycles. The number of nitrogens with two attached hydrogens (primary N) is 1. The molecule has 0 aliphatic rings. The SMILES string of the molecule is COc1ccc(C)cc1-c1nc(CN)[nH]c1Br. The molecule has 2 aromatic rings. The van der Waals surface area contributed by atoms with E-state index < -0.39 is 0 Å². The van der Waals surface area contributed by atoms with E-state index in [1.165, 1.54) is 0 Å². The maximum Gasteiger partial charge on any atom is 0.128 e. The highest BCUT2D eigenvalue weighted by Crippen LogP contribution is 2.34. The van der Waals surface area contributed by atoms with Crippen LogP contribution in [0.5, 0.6) is 5.75 Å². The van der Waals surface area contributed by atoms with E-state index in [0.717, 1.165) is 33.0 Å². The van der Waals surface area contributed by atoms with Gasteiger partial charge in [0.1, 0.15) is 21.9 Å². The maximum atomic E-state index is 5.56. The Morgan fingerprint density at radius 1 is 1.47 bits per heavy atom.